The molecule has 0 fully saturated rings. The number of alkyl halides is 3. The van der Waals surface area contributed by atoms with Gasteiger partial charge in [0, 0.05) is 24.4 Å². The van der Waals surface area contributed by atoms with E-state index in [-0.39, 0.29) is 12.5 Å². The lowest BCUT2D eigenvalue weighted by molar-refractivity contribution is -0.141. The molecule has 1 aromatic heterocycles. The number of benzene rings is 1. The van der Waals surface area contributed by atoms with E-state index in [1.807, 2.05) is 25.1 Å². The summed E-state index contributed by atoms with van der Waals surface area (Å²) in [6, 6.07) is 9.30. The van der Waals surface area contributed by atoms with E-state index in [1.54, 1.807) is 7.05 Å². The highest BCUT2D eigenvalue weighted by molar-refractivity contribution is 5.53. The molecule has 1 heterocycles. The number of nitrogens with one attached hydrogen (secondary N) is 1. The summed E-state index contributed by atoms with van der Waals surface area (Å²) in [5, 5.41) is 3.03. The molecule has 3 nitrogen and oxygen atoms in total. The molecule has 2 rings (SSSR count). The fraction of sp³-hybridized carbons (Fsp3) is 0.267. The summed E-state index contributed by atoms with van der Waals surface area (Å²) in [5.41, 5.74) is 1.80. The molecule has 0 saturated heterocycles. The number of pyridine rings is 1. The summed E-state index contributed by atoms with van der Waals surface area (Å²) in [5.74, 6) is -0.0462. The largest absolute Gasteiger partial charge is 0.473 e. The zero-order chi connectivity index (χ0) is 15.5. The Morgan fingerprint density at radius 2 is 1.86 bits per heavy atom. The molecule has 6 heteroatoms. The molecule has 0 aliphatic rings. The van der Waals surface area contributed by atoms with Gasteiger partial charge >= 0.3 is 6.18 Å². The molecule has 0 bridgehead atoms. The van der Waals surface area contributed by atoms with Crippen LogP contribution in [-0.4, -0.2) is 12.0 Å². The van der Waals surface area contributed by atoms with E-state index in [9.17, 15) is 13.2 Å². The van der Waals surface area contributed by atoms with Gasteiger partial charge in [0.25, 0.3) is 0 Å². The molecule has 0 amide bonds. The average Bonchev–Trinajstić information content (AvgIpc) is 2.45. The molecule has 2 aromatic rings. The molecule has 0 aliphatic heterocycles. The van der Waals surface area contributed by atoms with Gasteiger partial charge in [-0.3, -0.25) is 0 Å². The van der Waals surface area contributed by atoms with Crippen molar-refractivity contribution in [2.24, 2.45) is 0 Å². The van der Waals surface area contributed by atoms with E-state index in [0.29, 0.717) is 0 Å². The van der Waals surface area contributed by atoms with Gasteiger partial charge in [-0.1, -0.05) is 18.2 Å². The highest BCUT2D eigenvalue weighted by Crippen LogP contribution is 2.29. The number of anilines is 1. The predicted molar refractivity (Wildman–Crippen MR) is 74.3 cm³/mol. The molecule has 0 radical (unpaired) electrons. The van der Waals surface area contributed by atoms with E-state index in [2.05, 4.69) is 10.3 Å². The zero-order valence-corrected chi connectivity index (χ0v) is 11.7. The van der Waals surface area contributed by atoms with Gasteiger partial charge < -0.3 is 10.1 Å². The van der Waals surface area contributed by atoms with Crippen LogP contribution < -0.4 is 10.1 Å². The molecule has 112 valence electrons. The van der Waals surface area contributed by atoms with Crippen LogP contribution in [0.25, 0.3) is 0 Å². The summed E-state index contributed by atoms with van der Waals surface area (Å²) < 4.78 is 43.2. The summed E-state index contributed by atoms with van der Waals surface area (Å²) in [6.07, 6.45) is -4.47. The first-order valence-electron chi connectivity index (χ1n) is 6.35. The van der Waals surface area contributed by atoms with Crippen LogP contribution in [0.2, 0.25) is 0 Å². The van der Waals surface area contributed by atoms with Gasteiger partial charge in [0.1, 0.15) is 12.3 Å². The van der Waals surface area contributed by atoms with Gasteiger partial charge in [-0.05, 0) is 24.6 Å². The Balaban J connectivity index is 2.18. The van der Waals surface area contributed by atoms with Gasteiger partial charge in [0.05, 0.1) is 0 Å². The molecular formula is C15H15F3N2O. The maximum Gasteiger partial charge on any atom is 0.433 e. The predicted octanol–water partition coefficient (Wildman–Crippen LogP) is 4.03. The van der Waals surface area contributed by atoms with Crippen molar-refractivity contribution in [1.82, 2.24) is 4.98 Å². The van der Waals surface area contributed by atoms with E-state index >= 15 is 0 Å². The molecule has 1 aromatic carbocycles. The minimum atomic E-state index is -4.47. The van der Waals surface area contributed by atoms with E-state index < -0.39 is 11.9 Å². The maximum absolute atomic E-state index is 12.6. The average molecular weight is 296 g/mol. The highest BCUT2D eigenvalue weighted by atomic mass is 19.4. The van der Waals surface area contributed by atoms with Crippen LogP contribution in [0.1, 0.15) is 16.8 Å². The van der Waals surface area contributed by atoms with Crippen LogP contribution in [0.3, 0.4) is 0 Å². The van der Waals surface area contributed by atoms with Crippen molar-refractivity contribution in [3.63, 3.8) is 0 Å². The van der Waals surface area contributed by atoms with Crippen LogP contribution in [-0.2, 0) is 12.8 Å². The molecule has 0 aliphatic carbocycles. The Morgan fingerprint density at radius 1 is 1.14 bits per heavy atom. The number of rotatable bonds is 4. The van der Waals surface area contributed by atoms with Gasteiger partial charge in [0.15, 0.2) is 0 Å². The highest BCUT2D eigenvalue weighted by Gasteiger charge is 2.32. The fourth-order valence-electron chi connectivity index (χ4n) is 1.93. The second-order valence-corrected chi connectivity index (χ2v) is 4.50. The van der Waals surface area contributed by atoms with Crippen LogP contribution in [0.5, 0.6) is 5.88 Å². The number of nitrogens with zero attached hydrogens (tertiary/aromatic N) is 1. The molecule has 0 unspecified atom stereocenters. The Labute approximate surface area is 120 Å². The van der Waals surface area contributed by atoms with Crippen LogP contribution in [0.15, 0.2) is 36.4 Å². The minimum absolute atomic E-state index is 0.0462. The Bertz CT molecular complexity index is 627. The SMILES string of the molecule is CNc1cccc(C)c1COc1cccc(C(F)(F)F)n1. The van der Waals surface area contributed by atoms with Crippen LogP contribution in [0, 0.1) is 6.92 Å². The number of hydrogen-bond acceptors (Lipinski definition) is 3. The Hall–Kier alpha value is -2.24. The summed E-state index contributed by atoms with van der Waals surface area (Å²) in [6.45, 7) is 2.07. The fourth-order valence-corrected chi connectivity index (χ4v) is 1.93. The standard InChI is InChI=1S/C15H15F3N2O/c1-10-5-3-6-12(19-2)11(10)9-21-14-8-4-7-13(20-14)15(16,17)18/h3-8,19H,9H2,1-2H3. The summed E-state index contributed by atoms with van der Waals surface area (Å²) in [7, 11) is 1.78. The number of aromatic nitrogens is 1. The van der Waals surface area contributed by atoms with Crippen molar-refractivity contribution in [2.75, 3.05) is 12.4 Å². The van der Waals surface area contributed by atoms with Crippen molar-refractivity contribution in [3.05, 3.63) is 53.2 Å². The number of halogens is 3. The van der Waals surface area contributed by atoms with E-state index in [0.717, 1.165) is 22.9 Å². The Morgan fingerprint density at radius 3 is 2.52 bits per heavy atom. The van der Waals surface area contributed by atoms with Crippen molar-refractivity contribution in [2.45, 2.75) is 19.7 Å². The second-order valence-electron chi connectivity index (χ2n) is 4.50. The molecule has 21 heavy (non-hydrogen) atoms. The van der Waals surface area contributed by atoms with E-state index in [1.165, 1.54) is 12.1 Å². The van der Waals surface area contributed by atoms with Gasteiger partial charge in [-0.2, -0.15) is 13.2 Å². The number of ether oxygens (including phenoxy) is 1. The third-order valence-electron chi connectivity index (χ3n) is 3.06. The monoisotopic (exact) mass is 296 g/mol. The smallest absolute Gasteiger partial charge is 0.433 e. The van der Waals surface area contributed by atoms with Crippen LogP contribution >= 0.6 is 0 Å². The first kappa shape index (κ1) is 15.2. The normalized spacial score (nSPS) is 11.3. The van der Waals surface area contributed by atoms with Gasteiger partial charge in [-0.15, -0.1) is 0 Å². The maximum atomic E-state index is 12.6. The summed E-state index contributed by atoms with van der Waals surface area (Å²) >= 11 is 0. The summed E-state index contributed by atoms with van der Waals surface area (Å²) in [4.78, 5) is 3.48. The molecule has 0 saturated carbocycles. The lowest BCUT2D eigenvalue weighted by Crippen LogP contribution is -2.09. The molecule has 0 spiro atoms. The van der Waals surface area contributed by atoms with Crippen LogP contribution in [0.4, 0.5) is 18.9 Å². The molecule has 0 atom stereocenters. The van der Waals surface area contributed by atoms with Crippen molar-refractivity contribution in [1.29, 1.82) is 0 Å². The molecular weight excluding hydrogens is 281 g/mol. The van der Waals surface area contributed by atoms with Gasteiger partial charge in [-0.25, -0.2) is 4.98 Å². The number of hydrogen-bond donors (Lipinski definition) is 1. The topological polar surface area (TPSA) is 34.1 Å². The first-order chi connectivity index (χ1) is 9.91. The van der Waals surface area contributed by atoms with Crippen molar-refractivity contribution < 1.29 is 17.9 Å². The molecule has 1 N–H and O–H groups in total. The van der Waals surface area contributed by atoms with E-state index in [4.69, 9.17) is 4.74 Å². The number of aryl methyl sites for hydroxylation is 1. The third-order valence-corrected chi connectivity index (χ3v) is 3.06. The van der Waals surface area contributed by atoms with Crippen molar-refractivity contribution in [3.8, 4) is 5.88 Å². The lowest BCUT2D eigenvalue weighted by Gasteiger charge is -2.13. The zero-order valence-electron chi connectivity index (χ0n) is 11.7. The third kappa shape index (κ3) is 3.65. The minimum Gasteiger partial charge on any atom is -0.473 e. The lowest BCUT2D eigenvalue weighted by atomic mass is 10.1. The van der Waals surface area contributed by atoms with Gasteiger partial charge in [0.2, 0.25) is 5.88 Å². The van der Waals surface area contributed by atoms with Crippen molar-refractivity contribution >= 4 is 5.69 Å². The Kier molecular flexibility index (Phi) is 4.35. The quantitative estimate of drug-likeness (QED) is 0.925. The first-order valence-corrected chi connectivity index (χ1v) is 6.35. The second kappa shape index (κ2) is 6.03.